The second-order valence-electron chi connectivity index (χ2n) is 5.15. The SMILES string of the molecule is COC(=O)C(=C1C(=O)OC(C)(C)OC1=O)c1ccc(OC)cc1. The highest BCUT2D eigenvalue weighted by atomic mass is 16.7. The Hall–Kier alpha value is -2.83. The lowest BCUT2D eigenvalue weighted by Crippen LogP contribution is -2.42. The summed E-state index contributed by atoms with van der Waals surface area (Å²) in [5.41, 5.74) is -0.414. The molecule has 0 amide bonds. The van der Waals surface area contributed by atoms with Crippen LogP contribution in [0.25, 0.3) is 5.57 Å². The molecule has 0 saturated carbocycles. The van der Waals surface area contributed by atoms with Crippen LogP contribution in [-0.2, 0) is 28.6 Å². The molecule has 1 aliphatic rings. The molecule has 1 aromatic carbocycles. The molecule has 7 heteroatoms. The quantitative estimate of drug-likeness (QED) is 0.473. The molecule has 1 aromatic rings. The Balaban J connectivity index is 2.59. The Morgan fingerprint density at radius 2 is 1.52 bits per heavy atom. The van der Waals surface area contributed by atoms with Crippen molar-refractivity contribution in [2.45, 2.75) is 19.6 Å². The summed E-state index contributed by atoms with van der Waals surface area (Å²) in [5, 5.41) is 0. The lowest BCUT2D eigenvalue weighted by molar-refractivity contribution is -0.222. The molecule has 0 bridgehead atoms. The average Bonchev–Trinajstić information content (AvgIpc) is 2.49. The van der Waals surface area contributed by atoms with E-state index in [4.69, 9.17) is 14.2 Å². The van der Waals surface area contributed by atoms with Gasteiger partial charge >= 0.3 is 17.9 Å². The first-order valence-electron chi connectivity index (χ1n) is 6.72. The van der Waals surface area contributed by atoms with Gasteiger partial charge in [0.15, 0.2) is 5.57 Å². The van der Waals surface area contributed by atoms with E-state index in [9.17, 15) is 14.4 Å². The largest absolute Gasteiger partial charge is 0.497 e. The van der Waals surface area contributed by atoms with Crippen LogP contribution in [0.3, 0.4) is 0 Å². The molecule has 0 unspecified atom stereocenters. The van der Waals surface area contributed by atoms with E-state index >= 15 is 0 Å². The smallest absolute Gasteiger partial charge is 0.349 e. The standard InChI is InChI=1S/C16H16O7/c1-16(2)22-14(18)12(15(19)23-16)11(13(17)21-4)9-5-7-10(20-3)8-6-9/h5-8H,1-4H3. The van der Waals surface area contributed by atoms with Crippen LogP contribution >= 0.6 is 0 Å². The van der Waals surface area contributed by atoms with Crippen molar-refractivity contribution < 1.29 is 33.3 Å². The molecule has 122 valence electrons. The number of benzene rings is 1. The number of ether oxygens (including phenoxy) is 4. The van der Waals surface area contributed by atoms with Gasteiger partial charge in [-0.05, 0) is 17.7 Å². The minimum absolute atomic E-state index is 0.222. The third-order valence-electron chi connectivity index (χ3n) is 3.10. The Morgan fingerprint density at radius 1 is 1.00 bits per heavy atom. The molecule has 0 aliphatic carbocycles. The highest BCUT2D eigenvalue weighted by Crippen LogP contribution is 2.30. The molecule has 0 atom stereocenters. The van der Waals surface area contributed by atoms with Crippen molar-refractivity contribution in [1.29, 1.82) is 0 Å². The van der Waals surface area contributed by atoms with Crippen LogP contribution in [0.15, 0.2) is 29.8 Å². The third kappa shape index (κ3) is 3.33. The van der Waals surface area contributed by atoms with E-state index in [2.05, 4.69) is 4.74 Å². The maximum atomic E-state index is 12.2. The first-order valence-corrected chi connectivity index (χ1v) is 6.72. The van der Waals surface area contributed by atoms with Gasteiger partial charge in [-0.2, -0.15) is 0 Å². The minimum Gasteiger partial charge on any atom is -0.497 e. The number of methoxy groups -OCH3 is 2. The first-order chi connectivity index (χ1) is 10.8. The summed E-state index contributed by atoms with van der Waals surface area (Å²) in [5.74, 6) is -3.57. The Kier molecular flexibility index (Phi) is 4.40. The van der Waals surface area contributed by atoms with Crippen LogP contribution in [-0.4, -0.2) is 37.9 Å². The molecular weight excluding hydrogens is 304 g/mol. The Bertz CT molecular complexity index is 661. The summed E-state index contributed by atoms with van der Waals surface area (Å²) in [7, 11) is 2.64. The van der Waals surface area contributed by atoms with Gasteiger partial charge < -0.3 is 18.9 Å². The zero-order valence-corrected chi connectivity index (χ0v) is 13.2. The van der Waals surface area contributed by atoms with Gasteiger partial charge in [-0.1, -0.05) is 12.1 Å². The zero-order valence-electron chi connectivity index (χ0n) is 13.2. The van der Waals surface area contributed by atoms with Crippen molar-refractivity contribution in [3.05, 3.63) is 35.4 Å². The summed E-state index contributed by atoms with van der Waals surface area (Å²) in [6.45, 7) is 2.84. The fraction of sp³-hybridized carbons (Fsp3) is 0.312. The van der Waals surface area contributed by atoms with Crippen LogP contribution in [0.2, 0.25) is 0 Å². The molecule has 23 heavy (non-hydrogen) atoms. The van der Waals surface area contributed by atoms with Crippen molar-refractivity contribution in [3.63, 3.8) is 0 Å². The van der Waals surface area contributed by atoms with E-state index in [1.807, 2.05) is 0 Å². The molecule has 1 saturated heterocycles. The monoisotopic (exact) mass is 320 g/mol. The van der Waals surface area contributed by atoms with Gasteiger partial charge in [0, 0.05) is 13.8 Å². The molecule has 0 spiro atoms. The minimum atomic E-state index is -1.39. The van der Waals surface area contributed by atoms with E-state index in [-0.39, 0.29) is 5.57 Å². The molecule has 2 rings (SSSR count). The molecular formula is C16H16O7. The fourth-order valence-corrected chi connectivity index (χ4v) is 2.08. The van der Waals surface area contributed by atoms with E-state index in [1.54, 1.807) is 12.1 Å². The third-order valence-corrected chi connectivity index (χ3v) is 3.10. The Labute approximate surface area is 132 Å². The first kappa shape index (κ1) is 16.5. The molecule has 7 nitrogen and oxygen atoms in total. The zero-order chi connectivity index (χ0) is 17.2. The maximum absolute atomic E-state index is 12.2. The topological polar surface area (TPSA) is 88.1 Å². The molecule has 0 N–H and O–H groups in total. The summed E-state index contributed by atoms with van der Waals surface area (Å²) in [6, 6.07) is 6.22. The lowest BCUT2D eigenvalue weighted by atomic mass is 9.99. The molecule has 0 aromatic heterocycles. The van der Waals surface area contributed by atoms with Gasteiger partial charge in [-0.25, -0.2) is 14.4 Å². The fourth-order valence-electron chi connectivity index (χ4n) is 2.08. The number of hydrogen-bond acceptors (Lipinski definition) is 7. The van der Waals surface area contributed by atoms with Crippen molar-refractivity contribution in [3.8, 4) is 5.75 Å². The van der Waals surface area contributed by atoms with E-state index in [0.29, 0.717) is 11.3 Å². The summed E-state index contributed by atoms with van der Waals surface area (Å²) in [6.07, 6.45) is 0. The summed E-state index contributed by atoms with van der Waals surface area (Å²) < 4.78 is 19.8. The van der Waals surface area contributed by atoms with Gasteiger partial charge in [-0.3, -0.25) is 0 Å². The van der Waals surface area contributed by atoms with Crippen LogP contribution in [0.4, 0.5) is 0 Å². The lowest BCUT2D eigenvalue weighted by Gasteiger charge is -2.30. The van der Waals surface area contributed by atoms with Crippen LogP contribution < -0.4 is 4.74 Å². The van der Waals surface area contributed by atoms with E-state index < -0.39 is 29.3 Å². The van der Waals surface area contributed by atoms with Crippen molar-refractivity contribution in [2.24, 2.45) is 0 Å². The molecule has 1 fully saturated rings. The second-order valence-corrected chi connectivity index (χ2v) is 5.15. The van der Waals surface area contributed by atoms with Crippen molar-refractivity contribution in [1.82, 2.24) is 0 Å². The molecule has 1 aliphatic heterocycles. The maximum Gasteiger partial charge on any atom is 0.349 e. The summed E-state index contributed by atoms with van der Waals surface area (Å²) >= 11 is 0. The number of carbonyl (C=O) groups excluding carboxylic acids is 3. The van der Waals surface area contributed by atoms with Crippen molar-refractivity contribution in [2.75, 3.05) is 14.2 Å². The second kappa shape index (κ2) is 6.12. The number of cyclic esters (lactones) is 2. The van der Waals surface area contributed by atoms with Gasteiger partial charge in [0.2, 0.25) is 0 Å². The highest BCUT2D eigenvalue weighted by molar-refractivity contribution is 6.32. The van der Waals surface area contributed by atoms with Gasteiger partial charge in [0.05, 0.1) is 19.8 Å². The van der Waals surface area contributed by atoms with Gasteiger partial charge in [-0.15, -0.1) is 0 Å². The number of carbonyl (C=O) groups is 3. The number of hydrogen-bond donors (Lipinski definition) is 0. The predicted molar refractivity (Wildman–Crippen MR) is 78.2 cm³/mol. The molecule has 0 radical (unpaired) electrons. The number of esters is 3. The normalized spacial score (nSPS) is 16.3. The van der Waals surface area contributed by atoms with Crippen molar-refractivity contribution >= 4 is 23.5 Å². The average molecular weight is 320 g/mol. The predicted octanol–water partition coefficient (Wildman–Crippen LogP) is 1.46. The van der Waals surface area contributed by atoms with Gasteiger partial charge in [0.1, 0.15) is 5.75 Å². The Morgan fingerprint density at radius 3 is 1.96 bits per heavy atom. The number of rotatable bonds is 3. The van der Waals surface area contributed by atoms with E-state index in [0.717, 1.165) is 7.11 Å². The van der Waals surface area contributed by atoms with Gasteiger partial charge in [0.25, 0.3) is 5.79 Å². The van der Waals surface area contributed by atoms with Crippen LogP contribution in [0.1, 0.15) is 19.4 Å². The highest BCUT2D eigenvalue weighted by Gasteiger charge is 2.42. The molecule has 1 heterocycles. The van der Waals surface area contributed by atoms with Crippen LogP contribution in [0.5, 0.6) is 5.75 Å². The van der Waals surface area contributed by atoms with Crippen LogP contribution in [0, 0.1) is 0 Å². The van der Waals surface area contributed by atoms with E-state index in [1.165, 1.54) is 33.1 Å². The summed E-state index contributed by atoms with van der Waals surface area (Å²) in [4.78, 5) is 36.4.